The van der Waals surface area contributed by atoms with Crippen LogP contribution in [0.1, 0.15) is 46.5 Å². The third-order valence-electron chi connectivity index (χ3n) is 8.76. The van der Waals surface area contributed by atoms with Crippen LogP contribution in [0.3, 0.4) is 0 Å². The number of carbonyl (C=O) groups excluding carboxylic acids is 3. The van der Waals surface area contributed by atoms with Gasteiger partial charge in [0.25, 0.3) is 5.91 Å². The molecule has 40 heavy (non-hydrogen) atoms. The molecule has 0 saturated carbocycles. The molecule has 2 bridgehead atoms. The number of hydrogen-bond acceptors (Lipinski definition) is 7. The maximum Gasteiger partial charge on any atom is 0.312 e. The van der Waals surface area contributed by atoms with Crippen LogP contribution >= 0.6 is 0 Å². The zero-order valence-corrected chi connectivity index (χ0v) is 24.0. The minimum Gasteiger partial charge on any atom is -0.465 e. The first-order chi connectivity index (χ1) is 19.2. The van der Waals surface area contributed by atoms with Gasteiger partial charge in [-0.15, -0.1) is 13.2 Å². The molecule has 3 aliphatic rings. The third-order valence-corrected chi connectivity index (χ3v) is 8.76. The molecule has 3 aliphatic heterocycles. The molecular weight excluding hydrogens is 510 g/mol. The lowest BCUT2D eigenvalue weighted by Crippen LogP contribution is -2.56. The topological polar surface area (TPSA) is 99.6 Å². The third kappa shape index (κ3) is 4.94. The Labute approximate surface area is 237 Å². The van der Waals surface area contributed by atoms with Gasteiger partial charge in [-0.25, -0.2) is 0 Å². The number of anilines is 2. The van der Waals surface area contributed by atoms with Crippen molar-refractivity contribution in [2.24, 2.45) is 11.8 Å². The number of amides is 2. The van der Waals surface area contributed by atoms with E-state index < -0.39 is 35.0 Å². The molecule has 0 aromatic heterocycles. The SMILES string of the molecule is C=CCCOC(=O)[C@@H]1[C@H]2C(=O)N(CCCO)C(C(=O)N(CC=C)c3ccc(N(CC)CC)cc3)C23CC[C@@]1(C)O3. The quantitative estimate of drug-likeness (QED) is 0.214. The second kappa shape index (κ2) is 12.1. The fourth-order valence-electron chi connectivity index (χ4n) is 6.91. The Bertz CT molecular complexity index is 1120. The summed E-state index contributed by atoms with van der Waals surface area (Å²) < 4.78 is 12.2. The Kier molecular flexibility index (Phi) is 9.05. The van der Waals surface area contributed by atoms with Gasteiger partial charge in [0.15, 0.2) is 0 Å². The Balaban J connectivity index is 1.72. The van der Waals surface area contributed by atoms with Gasteiger partial charge in [-0.3, -0.25) is 14.4 Å². The van der Waals surface area contributed by atoms with Gasteiger partial charge in [-0.1, -0.05) is 12.2 Å². The van der Waals surface area contributed by atoms with Crippen molar-refractivity contribution >= 4 is 29.2 Å². The number of aliphatic hydroxyl groups is 1. The highest BCUT2D eigenvalue weighted by Gasteiger charge is 2.78. The molecule has 2 unspecified atom stereocenters. The van der Waals surface area contributed by atoms with Gasteiger partial charge in [-0.05, 0) is 70.7 Å². The minimum atomic E-state index is -1.15. The number of fused-ring (bicyclic) bond motifs is 1. The Morgan fingerprint density at radius 2 is 1.82 bits per heavy atom. The average molecular weight is 554 g/mol. The standard InChI is InChI=1S/C31H43N3O6/c1-6-10-21-39-29(38)25-24-27(36)34(19-11-20-35)26(31(24)17-16-30(25,5)40-31)28(37)33(18-7-2)23-14-12-22(13-15-23)32(8-3)9-4/h6-7,12-15,24-26,35H,1-2,8-11,16-21H2,3-5H3/t24-,25-,26?,30+,31?/m0/s1. The van der Waals surface area contributed by atoms with E-state index in [1.54, 1.807) is 17.1 Å². The Hall–Kier alpha value is -3.17. The summed E-state index contributed by atoms with van der Waals surface area (Å²) in [5, 5.41) is 9.59. The molecule has 3 fully saturated rings. The molecule has 9 nitrogen and oxygen atoms in total. The van der Waals surface area contributed by atoms with Crippen molar-refractivity contribution in [1.29, 1.82) is 0 Å². The fraction of sp³-hybridized carbons (Fsp3) is 0.581. The van der Waals surface area contributed by atoms with Crippen molar-refractivity contribution in [1.82, 2.24) is 4.90 Å². The minimum absolute atomic E-state index is 0.128. The van der Waals surface area contributed by atoms with Gasteiger partial charge in [0.2, 0.25) is 5.91 Å². The maximum absolute atomic E-state index is 14.5. The van der Waals surface area contributed by atoms with Crippen molar-refractivity contribution in [3.8, 4) is 0 Å². The second-order valence-electron chi connectivity index (χ2n) is 11.0. The lowest BCUT2D eigenvalue weighted by Gasteiger charge is -2.37. The first kappa shape index (κ1) is 29.8. The molecule has 1 spiro atoms. The van der Waals surface area contributed by atoms with Gasteiger partial charge in [0.1, 0.15) is 17.6 Å². The number of nitrogens with zero attached hydrogens (tertiary/aromatic N) is 3. The summed E-state index contributed by atoms with van der Waals surface area (Å²) in [4.78, 5) is 47.2. The molecule has 1 N–H and O–H groups in total. The predicted molar refractivity (Wildman–Crippen MR) is 154 cm³/mol. The average Bonchev–Trinajstić information content (AvgIpc) is 3.52. The zero-order chi connectivity index (χ0) is 29.1. The first-order valence-electron chi connectivity index (χ1n) is 14.4. The van der Waals surface area contributed by atoms with Crippen LogP contribution in [0.15, 0.2) is 49.6 Å². The van der Waals surface area contributed by atoms with Gasteiger partial charge in [0, 0.05) is 44.2 Å². The summed E-state index contributed by atoms with van der Waals surface area (Å²) in [6.07, 6.45) is 5.16. The molecule has 3 heterocycles. The summed E-state index contributed by atoms with van der Waals surface area (Å²) in [5.41, 5.74) is -0.306. The van der Waals surface area contributed by atoms with Crippen LogP contribution in [0.4, 0.5) is 11.4 Å². The molecule has 0 aliphatic carbocycles. The summed E-state index contributed by atoms with van der Waals surface area (Å²) in [7, 11) is 0. The molecular formula is C31H43N3O6. The number of aliphatic hydroxyl groups excluding tert-OH is 1. The highest BCUT2D eigenvalue weighted by Crippen LogP contribution is 2.63. The van der Waals surface area contributed by atoms with Crippen LogP contribution < -0.4 is 9.80 Å². The van der Waals surface area contributed by atoms with Crippen LogP contribution in [-0.4, -0.2) is 84.4 Å². The Morgan fingerprint density at radius 1 is 1.15 bits per heavy atom. The molecule has 1 aromatic carbocycles. The van der Waals surface area contributed by atoms with Gasteiger partial charge in [0.05, 0.1) is 18.1 Å². The monoisotopic (exact) mass is 553 g/mol. The van der Waals surface area contributed by atoms with Crippen molar-refractivity contribution in [2.75, 3.05) is 49.2 Å². The lowest BCUT2D eigenvalue weighted by molar-refractivity contribution is -0.159. The van der Waals surface area contributed by atoms with Crippen LogP contribution in [0.25, 0.3) is 0 Å². The van der Waals surface area contributed by atoms with Gasteiger partial charge in [-0.2, -0.15) is 0 Å². The van der Waals surface area contributed by atoms with E-state index in [4.69, 9.17) is 9.47 Å². The van der Waals surface area contributed by atoms with Crippen LogP contribution in [0.5, 0.6) is 0 Å². The molecule has 0 radical (unpaired) electrons. The van der Waals surface area contributed by atoms with E-state index in [0.29, 0.717) is 31.4 Å². The predicted octanol–water partition coefficient (Wildman–Crippen LogP) is 3.32. The maximum atomic E-state index is 14.5. The summed E-state index contributed by atoms with van der Waals surface area (Å²) in [6.45, 7) is 15.8. The number of benzene rings is 1. The Morgan fingerprint density at radius 3 is 2.42 bits per heavy atom. The van der Waals surface area contributed by atoms with E-state index in [2.05, 4.69) is 31.9 Å². The normalized spacial score (nSPS) is 28.4. The molecule has 218 valence electrons. The molecule has 1 aromatic rings. The van der Waals surface area contributed by atoms with E-state index in [9.17, 15) is 19.5 Å². The molecule has 5 atom stereocenters. The fourth-order valence-corrected chi connectivity index (χ4v) is 6.91. The molecule has 2 amide bonds. The van der Waals surface area contributed by atoms with E-state index in [1.807, 2.05) is 31.2 Å². The van der Waals surface area contributed by atoms with E-state index in [-0.39, 0.29) is 38.1 Å². The van der Waals surface area contributed by atoms with Crippen molar-refractivity contribution in [2.45, 2.75) is 63.7 Å². The smallest absolute Gasteiger partial charge is 0.312 e. The van der Waals surface area contributed by atoms with Crippen LogP contribution in [0, 0.1) is 11.8 Å². The van der Waals surface area contributed by atoms with Crippen molar-refractivity contribution in [3.63, 3.8) is 0 Å². The van der Waals surface area contributed by atoms with Gasteiger partial charge < -0.3 is 29.3 Å². The van der Waals surface area contributed by atoms with E-state index in [1.165, 1.54) is 4.90 Å². The van der Waals surface area contributed by atoms with Crippen molar-refractivity contribution < 1.29 is 29.0 Å². The number of likely N-dealkylation sites (tertiary alicyclic amines) is 1. The lowest BCUT2D eigenvalue weighted by atomic mass is 9.66. The number of hydrogen-bond donors (Lipinski definition) is 1. The number of carbonyl (C=O) groups is 3. The van der Waals surface area contributed by atoms with E-state index in [0.717, 1.165) is 18.8 Å². The number of ether oxygens (including phenoxy) is 2. The second-order valence-corrected chi connectivity index (χ2v) is 11.0. The highest BCUT2D eigenvalue weighted by atomic mass is 16.6. The van der Waals surface area contributed by atoms with Crippen molar-refractivity contribution in [3.05, 3.63) is 49.6 Å². The summed E-state index contributed by atoms with van der Waals surface area (Å²) in [5.74, 6) is -2.69. The summed E-state index contributed by atoms with van der Waals surface area (Å²) >= 11 is 0. The largest absolute Gasteiger partial charge is 0.465 e. The molecule has 4 rings (SSSR count). The van der Waals surface area contributed by atoms with Crippen LogP contribution in [-0.2, 0) is 23.9 Å². The zero-order valence-electron chi connectivity index (χ0n) is 24.0. The molecule has 3 saturated heterocycles. The van der Waals surface area contributed by atoms with Gasteiger partial charge >= 0.3 is 5.97 Å². The van der Waals surface area contributed by atoms with E-state index >= 15 is 0 Å². The first-order valence-corrected chi connectivity index (χ1v) is 14.4. The highest BCUT2D eigenvalue weighted by molar-refractivity contribution is 6.05. The van der Waals surface area contributed by atoms with Crippen LogP contribution in [0.2, 0.25) is 0 Å². The number of esters is 1. The summed E-state index contributed by atoms with van der Waals surface area (Å²) in [6, 6.07) is 6.86. The number of rotatable bonds is 14. The molecule has 9 heteroatoms.